The van der Waals surface area contributed by atoms with Gasteiger partial charge in [-0.1, -0.05) is 24.0 Å². The van der Waals surface area contributed by atoms with Crippen LogP contribution in [0.2, 0.25) is 0 Å². The molecule has 0 aliphatic rings. The first-order valence-corrected chi connectivity index (χ1v) is 9.05. The highest BCUT2D eigenvalue weighted by molar-refractivity contribution is 8.47. The minimum atomic E-state index is -0.978. The lowest BCUT2D eigenvalue weighted by molar-refractivity contribution is -0.143. The zero-order valence-corrected chi connectivity index (χ0v) is 15.6. The third-order valence-corrected chi connectivity index (χ3v) is 5.88. The molecule has 5 nitrogen and oxygen atoms in total. The maximum Gasteiger partial charge on any atom is 0.322 e. The van der Waals surface area contributed by atoms with Crippen molar-refractivity contribution in [1.29, 1.82) is 5.26 Å². The Kier molecular flexibility index (Phi) is 10.3. The molecule has 0 amide bonds. The first-order chi connectivity index (χ1) is 10.3. The van der Waals surface area contributed by atoms with Crippen molar-refractivity contribution < 1.29 is 19.7 Å². The molecule has 0 saturated carbocycles. The summed E-state index contributed by atoms with van der Waals surface area (Å²) in [4.78, 5) is 12.2. The molecule has 0 heterocycles. The number of carbonyl (C=O) groups is 1. The summed E-state index contributed by atoms with van der Waals surface area (Å²) >= 11 is 7.72. The molecule has 0 aromatic rings. The van der Waals surface area contributed by atoms with E-state index >= 15 is 0 Å². The molecule has 0 rings (SSSR count). The molecule has 2 N–H and O–H groups in total. The van der Waals surface area contributed by atoms with Crippen molar-refractivity contribution >= 4 is 45.2 Å². The SMILES string of the molecule is COC(=O)C(C)(CC(C)(C#N)CCCO)SC(=S)SCCO. The van der Waals surface area contributed by atoms with Gasteiger partial charge in [0.25, 0.3) is 0 Å². The average Bonchev–Trinajstić information content (AvgIpc) is 2.49. The van der Waals surface area contributed by atoms with E-state index in [0.29, 0.717) is 22.1 Å². The number of carbonyl (C=O) groups excluding carboxylic acids is 1. The summed E-state index contributed by atoms with van der Waals surface area (Å²) in [7, 11) is 1.31. The number of nitrogens with zero attached hydrogens (tertiary/aromatic N) is 1. The summed E-state index contributed by atoms with van der Waals surface area (Å²) < 4.78 is 4.43. The monoisotopic (exact) mass is 365 g/mol. The van der Waals surface area contributed by atoms with E-state index < -0.39 is 16.1 Å². The Labute approximate surface area is 145 Å². The van der Waals surface area contributed by atoms with Crippen molar-refractivity contribution in [1.82, 2.24) is 0 Å². The maximum atomic E-state index is 12.2. The number of aliphatic hydroxyl groups is 2. The molecule has 8 heteroatoms. The summed E-state index contributed by atoms with van der Waals surface area (Å²) in [5.74, 6) is 0.0262. The van der Waals surface area contributed by atoms with E-state index in [1.54, 1.807) is 13.8 Å². The number of thiocarbonyl (C=S) groups is 1. The van der Waals surface area contributed by atoms with Crippen LogP contribution in [0.25, 0.3) is 0 Å². The summed E-state index contributed by atoms with van der Waals surface area (Å²) in [6, 6.07) is 2.24. The zero-order chi connectivity index (χ0) is 17.2. The van der Waals surface area contributed by atoms with Crippen LogP contribution < -0.4 is 0 Å². The number of hydrogen-bond donors (Lipinski definition) is 2. The molecule has 0 fully saturated rings. The highest BCUT2D eigenvalue weighted by atomic mass is 32.2. The van der Waals surface area contributed by atoms with E-state index in [4.69, 9.17) is 27.2 Å². The highest BCUT2D eigenvalue weighted by Crippen LogP contribution is 2.42. The Hall–Kier alpha value is -0.330. The van der Waals surface area contributed by atoms with Crippen molar-refractivity contribution in [2.45, 2.75) is 37.9 Å². The Morgan fingerprint density at radius 1 is 1.36 bits per heavy atom. The van der Waals surface area contributed by atoms with Gasteiger partial charge in [0, 0.05) is 12.4 Å². The maximum absolute atomic E-state index is 12.2. The number of methoxy groups -OCH3 is 1. The molecule has 0 aromatic carbocycles. The van der Waals surface area contributed by atoms with E-state index in [1.165, 1.54) is 30.6 Å². The van der Waals surface area contributed by atoms with Crippen LogP contribution in [0.15, 0.2) is 0 Å². The normalized spacial score (nSPS) is 16.2. The van der Waals surface area contributed by atoms with Gasteiger partial charge >= 0.3 is 5.97 Å². The van der Waals surface area contributed by atoms with Gasteiger partial charge in [-0.2, -0.15) is 5.26 Å². The number of hydrogen-bond acceptors (Lipinski definition) is 8. The largest absolute Gasteiger partial charge is 0.468 e. The average molecular weight is 366 g/mol. The van der Waals surface area contributed by atoms with Gasteiger partial charge in [-0.3, -0.25) is 4.79 Å². The van der Waals surface area contributed by atoms with Crippen LogP contribution in [0.5, 0.6) is 0 Å². The van der Waals surface area contributed by atoms with E-state index in [9.17, 15) is 10.1 Å². The van der Waals surface area contributed by atoms with E-state index in [0.717, 1.165) is 0 Å². The molecule has 0 radical (unpaired) electrons. The predicted octanol–water partition coefficient (Wildman–Crippen LogP) is 2.35. The first-order valence-electron chi connectivity index (χ1n) is 6.84. The van der Waals surface area contributed by atoms with E-state index in [-0.39, 0.29) is 19.6 Å². The second kappa shape index (κ2) is 10.4. The van der Waals surface area contributed by atoms with Crippen LogP contribution in [0.1, 0.15) is 33.1 Å². The van der Waals surface area contributed by atoms with Crippen molar-refractivity contribution in [3.05, 3.63) is 0 Å². The Bertz CT molecular complexity index is 427. The van der Waals surface area contributed by atoms with Crippen molar-refractivity contribution in [2.75, 3.05) is 26.1 Å². The van der Waals surface area contributed by atoms with Crippen molar-refractivity contribution in [3.8, 4) is 6.07 Å². The second-order valence-electron chi connectivity index (χ2n) is 5.32. The Balaban J connectivity index is 5.14. The molecule has 2 unspecified atom stereocenters. The lowest BCUT2D eigenvalue weighted by Gasteiger charge is -2.33. The summed E-state index contributed by atoms with van der Waals surface area (Å²) in [6.07, 6.45) is 1.26. The third-order valence-electron chi connectivity index (χ3n) is 3.12. The number of rotatable bonds is 9. The summed E-state index contributed by atoms with van der Waals surface area (Å²) in [5.41, 5.74) is -0.754. The lowest BCUT2D eigenvalue weighted by atomic mass is 9.79. The molecule has 126 valence electrons. The standard InChI is InChI=1S/C14H23NO4S3/c1-13(10-15,5-4-6-16)9-14(2,11(18)19-3)22-12(20)21-8-7-17/h16-17H,4-9H2,1-3H3. The van der Waals surface area contributed by atoms with Gasteiger partial charge in [0.1, 0.15) is 8.28 Å². The molecule has 0 saturated heterocycles. The van der Waals surface area contributed by atoms with E-state index in [1.807, 2.05) is 0 Å². The molecule has 0 aliphatic carbocycles. The molecule has 0 aliphatic heterocycles. The van der Waals surface area contributed by atoms with Crippen molar-refractivity contribution in [3.63, 3.8) is 0 Å². The number of esters is 1. The van der Waals surface area contributed by atoms with Crippen LogP contribution in [-0.4, -0.2) is 50.5 Å². The molecule has 0 spiro atoms. The van der Waals surface area contributed by atoms with E-state index in [2.05, 4.69) is 6.07 Å². The van der Waals surface area contributed by atoms with Gasteiger partial charge in [0.2, 0.25) is 0 Å². The van der Waals surface area contributed by atoms with Gasteiger partial charge in [0.15, 0.2) is 0 Å². The quantitative estimate of drug-likeness (QED) is 0.475. The molecule has 2 atom stereocenters. The van der Waals surface area contributed by atoms with Gasteiger partial charge in [-0.25, -0.2) is 0 Å². The van der Waals surface area contributed by atoms with Gasteiger partial charge in [-0.05, 0) is 33.1 Å². The number of thioether (sulfide) groups is 2. The molecule has 22 heavy (non-hydrogen) atoms. The number of aliphatic hydroxyl groups excluding tert-OH is 2. The first kappa shape index (κ1) is 21.7. The predicted molar refractivity (Wildman–Crippen MR) is 94.8 cm³/mol. The fourth-order valence-electron chi connectivity index (χ4n) is 2.11. The smallest absolute Gasteiger partial charge is 0.322 e. The van der Waals surface area contributed by atoms with Crippen LogP contribution in [0, 0.1) is 16.7 Å². The molecular weight excluding hydrogens is 342 g/mol. The fourth-order valence-corrected chi connectivity index (χ4v) is 5.13. The fraction of sp³-hybridized carbons (Fsp3) is 0.786. The third kappa shape index (κ3) is 7.29. The topological polar surface area (TPSA) is 90.6 Å². The summed E-state index contributed by atoms with van der Waals surface area (Å²) in [6.45, 7) is 3.50. The molecule has 0 bridgehead atoms. The molecular formula is C14H23NO4S3. The molecule has 0 aromatic heterocycles. The van der Waals surface area contributed by atoms with Crippen LogP contribution in [0.3, 0.4) is 0 Å². The van der Waals surface area contributed by atoms with Crippen LogP contribution in [0.4, 0.5) is 0 Å². The highest BCUT2D eigenvalue weighted by Gasteiger charge is 2.43. The zero-order valence-electron chi connectivity index (χ0n) is 13.1. The van der Waals surface area contributed by atoms with Crippen LogP contribution >= 0.6 is 35.7 Å². The van der Waals surface area contributed by atoms with Gasteiger partial charge in [-0.15, -0.1) is 11.8 Å². The minimum Gasteiger partial charge on any atom is -0.468 e. The van der Waals surface area contributed by atoms with Gasteiger partial charge in [0.05, 0.1) is 25.2 Å². The van der Waals surface area contributed by atoms with Crippen molar-refractivity contribution in [2.24, 2.45) is 5.41 Å². The van der Waals surface area contributed by atoms with Crippen LogP contribution in [-0.2, 0) is 9.53 Å². The van der Waals surface area contributed by atoms with Gasteiger partial charge < -0.3 is 14.9 Å². The number of ether oxygens (including phenoxy) is 1. The summed E-state index contributed by atoms with van der Waals surface area (Å²) in [5, 5.41) is 27.3. The lowest BCUT2D eigenvalue weighted by Crippen LogP contribution is -2.39. The second-order valence-corrected chi connectivity index (χ2v) is 9.13. The minimum absolute atomic E-state index is 0.00408. The Morgan fingerprint density at radius 2 is 2.00 bits per heavy atom. The Morgan fingerprint density at radius 3 is 2.45 bits per heavy atom. The number of nitriles is 1.